The van der Waals surface area contributed by atoms with Crippen molar-refractivity contribution in [3.63, 3.8) is 0 Å². The third-order valence-electron chi connectivity index (χ3n) is 4.94. The molecule has 2 heterocycles. The average Bonchev–Trinajstić information content (AvgIpc) is 2.66. The van der Waals surface area contributed by atoms with Gasteiger partial charge in [0.25, 0.3) is 0 Å². The number of aryl methyl sites for hydroxylation is 1. The van der Waals surface area contributed by atoms with E-state index in [-0.39, 0.29) is 18.4 Å². The van der Waals surface area contributed by atoms with Crippen LogP contribution in [0, 0.1) is 11.8 Å². The summed E-state index contributed by atoms with van der Waals surface area (Å²) in [6.45, 7) is 6.19. The summed E-state index contributed by atoms with van der Waals surface area (Å²) < 4.78 is 0. The highest BCUT2D eigenvalue weighted by Gasteiger charge is 2.29. The van der Waals surface area contributed by atoms with Crippen molar-refractivity contribution in [1.82, 2.24) is 4.90 Å². The zero-order valence-electron chi connectivity index (χ0n) is 14.1. The van der Waals surface area contributed by atoms with Gasteiger partial charge in [-0.1, -0.05) is 32.0 Å². The number of para-hydroxylation sites is 1. The highest BCUT2D eigenvalue weighted by molar-refractivity contribution is 5.99. The molecular weight excluding hydrogens is 288 g/mol. The molecule has 4 heteroatoms. The van der Waals surface area contributed by atoms with E-state index in [1.54, 1.807) is 4.90 Å². The number of amides is 2. The van der Waals surface area contributed by atoms with E-state index in [0.717, 1.165) is 31.6 Å². The summed E-state index contributed by atoms with van der Waals surface area (Å²) in [5.74, 6) is 1.22. The minimum atomic E-state index is 0.0707. The number of hydrogen-bond acceptors (Lipinski definition) is 2. The Balaban J connectivity index is 1.78. The summed E-state index contributed by atoms with van der Waals surface area (Å²) in [6, 6.07) is 7.98. The second-order valence-corrected chi connectivity index (χ2v) is 7.21. The molecule has 2 aliphatic rings. The normalized spacial score (nSPS) is 25.0. The standard InChI is InChI=1S/C19H26N2O2/c1-14-10-15(2)12-20(11-14)19(23)13-21-17-8-4-3-6-16(17)7-5-9-18(21)22/h3-4,6,8,14-15H,5,7,9-13H2,1-2H3. The van der Waals surface area contributed by atoms with Gasteiger partial charge in [-0.2, -0.15) is 0 Å². The van der Waals surface area contributed by atoms with Crippen molar-refractivity contribution in [2.75, 3.05) is 24.5 Å². The van der Waals surface area contributed by atoms with Crippen LogP contribution < -0.4 is 4.90 Å². The van der Waals surface area contributed by atoms with E-state index < -0.39 is 0 Å². The van der Waals surface area contributed by atoms with E-state index in [1.807, 2.05) is 23.1 Å². The van der Waals surface area contributed by atoms with Crippen molar-refractivity contribution >= 4 is 17.5 Å². The number of rotatable bonds is 2. The lowest BCUT2D eigenvalue weighted by molar-refractivity contribution is -0.133. The van der Waals surface area contributed by atoms with E-state index in [9.17, 15) is 9.59 Å². The molecule has 2 amide bonds. The summed E-state index contributed by atoms with van der Waals surface area (Å²) >= 11 is 0. The first-order chi connectivity index (χ1) is 11.0. The van der Waals surface area contributed by atoms with Crippen molar-refractivity contribution in [3.8, 4) is 0 Å². The van der Waals surface area contributed by atoms with Crippen LogP contribution in [0.4, 0.5) is 5.69 Å². The molecule has 23 heavy (non-hydrogen) atoms. The Morgan fingerprint density at radius 1 is 1.13 bits per heavy atom. The van der Waals surface area contributed by atoms with Crippen molar-refractivity contribution < 1.29 is 9.59 Å². The van der Waals surface area contributed by atoms with Crippen LogP contribution >= 0.6 is 0 Å². The molecule has 4 nitrogen and oxygen atoms in total. The van der Waals surface area contributed by atoms with Gasteiger partial charge in [-0.15, -0.1) is 0 Å². The molecule has 0 bridgehead atoms. The molecule has 1 saturated heterocycles. The Morgan fingerprint density at radius 3 is 2.57 bits per heavy atom. The van der Waals surface area contributed by atoms with Gasteiger partial charge < -0.3 is 9.80 Å². The van der Waals surface area contributed by atoms with E-state index in [1.165, 1.54) is 12.0 Å². The number of piperidine rings is 1. The summed E-state index contributed by atoms with van der Waals surface area (Å²) in [4.78, 5) is 28.9. The van der Waals surface area contributed by atoms with Gasteiger partial charge in [-0.05, 0) is 42.7 Å². The molecule has 1 aromatic carbocycles. The fourth-order valence-electron chi connectivity index (χ4n) is 3.96. The summed E-state index contributed by atoms with van der Waals surface area (Å²) in [5, 5.41) is 0. The van der Waals surface area contributed by atoms with Gasteiger partial charge in [0.1, 0.15) is 6.54 Å². The molecule has 2 unspecified atom stereocenters. The molecule has 0 aliphatic carbocycles. The van der Waals surface area contributed by atoms with Crippen LogP contribution in [0.25, 0.3) is 0 Å². The molecule has 2 aliphatic heterocycles. The van der Waals surface area contributed by atoms with Crippen LogP contribution in [0.1, 0.15) is 38.7 Å². The second kappa shape index (κ2) is 6.73. The van der Waals surface area contributed by atoms with Crippen LogP contribution in [-0.2, 0) is 16.0 Å². The fourth-order valence-corrected chi connectivity index (χ4v) is 3.96. The number of likely N-dealkylation sites (tertiary alicyclic amines) is 1. The highest BCUT2D eigenvalue weighted by atomic mass is 16.2. The molecule has 0 N–H and O–H groups in total. The SMILES string of the molecule is CC1CC(C)CN(C(=O)CN2C(=O)CCCc3ccccc32)C1. The van der Waals surface area contributed by atoms with Crippen LogP contribution in [0.3, 0.4) is 0 Å². The van der Waals surface area contributed by atoms with Crippen molar-refractivity contribution in [3.05, 3.63) is 29.8 Å². The average molecular weight is 314 g/mol. The van der Waals surface area contributed by atoms with Gasteiger partial charge in [0.05, 0.1) is 0 Å². The summed E-state index contributed by atoms with van der Waals surface area (Å²) in [6.07, 6.45) is 3.47. The lowest BCUT2D eigenvalue weighted by atomic mass is 9.92. The summed E-state index contributed by atoms with van der Waals surface area (Å²) in [5.41, 5.74) is 2.09. The monoisotopic (exact) mass is 314 g/mol. The van der Waals surface area contributed by atoms with Crippen molar-refractivity contribution in [2.24, 2.45) is 11.8 Å². The summed E-state index contributed by atoms with van der Waals surface area (Å²) in [7, 11) is 0. The van der Waals surface area contributed by atoms with E-state index >= 15 is 0 Å². The van der Waals surface area contributed by atoms with Crippen LogP contribution in [-0.4, -0.2) is 36.3 Å². The third kappa shape index (κ3) is 3.57. The lowest BCUT2D eigenvalue weighted by Gasteiger charge is -2.36. The molecule has 1 aromatic rings. The van der Waals surface area contributed by atoms with Gasteiger partial charge in [-0.3, -0.25) is 9.59 Å². The van der Waals surface area contributed by atoms with E-state index in [0.29, 0.717) is 18.3 Å². The molecule has 124 valence electrons. The predicted molar refractivity (Wildman–Crippen MR) is 91.3 cm³/mol. The number of benzene rings is 1. The van der Waals surface area contributed by atoms with Crippen molar-refractivity contribution in [2.45, 2.75) is 39.5 Å². The number of carbonyl (C=O) groups is 2. The molecule has 2 atom stereocenters. The maximum Gasteiger partial charge on any atom is 0.242 e. The van der Waals surface area contributed by atoms with E-state index in [2.05, 4.69) is 19.9 Å². The minimum Gasteiger partial charge on any atom is -0.341 e. The quantitative estimate of drug-likeness (QED) is 0.842. The molecule has 0 spiro atoms. The molecule has 0 radical (unpaired) electrons. The molecule has 0 aromatic heterocycles. The second-order valence-electron chi connectivity index (χ2n) is 7.21. The zero-order chi connectivity index (χ0) is 16.4. The smallest absolute Gasteiger partial charge is 0.242 e. The topological polar surface area (TPSA) is 40.6 Å². The number of carbonyl (C=O) groups excluding carboxylic acids is 2. The number of anilines is 1. The van der Waals surface area contributed by atoms with Gasteiger partial charge in [-0.25, -0.2) is 0 Å². The van der Waals surface area contributed by atoms with Crippen LogP contribution in [0.2, 0.25) is 0 Å². The van der Waals surface area contributed by atoms with Gasteiger partial charge in [0.2, 0.25) is 11.8 Å². The molecular formula is C19H26N2O2. The lowest BCUT2D eigenvalue weighted by Crippen LogP contribution is -2.48. The van der Waals surface area contributed by atoms with Crippen LogP contribution in [0.5, 0.6) is 0 Å². The Bertz CT molecular complexity index is 589. The first kappa shape index (κ1) is 16.0. The van der Waals surface area contributed by atoms with Crippen molar-refractivity contribution in [1.29, 1.82) is 0 Å². The van der Waals surface area contributed by atoms with Gasteiger partial charge >= 0.3 is 0 Å². The first-order valence-corrected chi connectivity index (χ1v) is 8.70. The minimum absolute atomic E-state index is 0.0707. The largest absolute Gasteiger partial charge is 0.341 e. The van der Waals surface area contributed by atoms with E-state index in [4.69, 9.17) is 0 Å². The Hall–Kier alpha value is -1.84. The number of nitrogens with zero attached hydrogens (tertiary/aromatic N) is 2. The molecule has 1 fully saturated rings. The zero-order valence-corrected chi connectivity index (χ0v) is 14.1. The molecule has 0 saturated carbocycles. The third-order valence-corrected chi connectivity index (χ3v) is 4.94. The first-order valence-electron chi connectivity index (χ1n) is 8.70. The fraction of sp³-hybridized carbons (Fsp3) is 0.579. The Morgan fingerprint density at radius 2 is 1.83 bits per heavy atom. The highest BCUT2D eigenvalue weighted by Crippen LogP contribution is 2.27. The van der Waals surface area contributed by atoms with Crippen LogP contribution in [0.15, 0.2) is 24.3 Å². The maximum atomic E-state index is 12.8. The number of hydrogen-bond donors (Lipinski definition) is 0. The maximum absolute atomic E-state index is 12.8. The molecule has 3 rings (SSSR count). The van der Waals surface area contributed by atoms with Gasteiger partial charge in [0.15, 0.2) is 0 Å². The predicted octanol–water partition coefficient (Wildman–Crippen LogP) is 2.86. The Kier molecular flexibility index (Phi) is 4.69. The Labute approximate surface area is 138 Å². The van der Waals surface area contributed by atoms with Gasteiger partial charge in [0, 0.05) is 25.2 Å². The number of fused-ring (bicyclic) bond motifs is 1.